The van der Waals surface area contributed by atoms with Crippen LogP contribution in [-0.4, -0.2) is 47.7 Å². The lowest BCUT2D eigenvalue weighted by Crippen LogP contribution is -2.51. The van der Waals surface area contributed by atoms with Gasteiger partial charge in [-0.3, -0.25) is 9.69 Å². The highest BCUT2D eigenvalue weighted by Crippen LogP contribution is 2.25. The number of nitrogens with one attached hydrogen (secondary N) is 2. The van der Waals surface area contributed by atoms with Crippen LogP contribution in [0.5, 0.6) is 0 Å². The lowest BCUT2D eigenvalue weighted by Gasteiger charge is -2.36. The van der Waals surface area contributed by atoms with Crippen molar-refractivity contribution < 1.29 is 14.3 Å². The Bertz CT molecular complexity index is 661. The fourth-order valence-electron chi connectivity index (χ4n) is 3.68. The van der Waals surface area contributed by atoms with Gasteiger partial charge in [-0.25, -0.2) is 4.79 Å². The molecule has 3 rings (SSSR count). The first-order chi connectivity index (χ1) is 12.3. The average molecular weight is 359 g/mol. The summed E-state index contributed by atoms with van der Waals surface area (Å²) in [6.45, 7) is 7.18. The van der Waals surface area contributed by atoms with E-state index in [0.717, 1.165) is 44.5 Å². The van der Waals surface area contributed by atoms with Crippen LogP contribution in [0.1, 0.15) is 45.6 Å². The van der Waals surface area contributed by atoms with Crippen molar-refractivity contribution >= 4 is 17.7 Å². The predicted octanol–water partition coefficient (Wildman–Crippen LogP) is 2.93. The van der Waals surface area contributed by atoms with Gasteiger partial charge >= 0.3 is 6.09 Å². The highest BCUT2D eigenvalue weighted by atomic mass is 16.6. The van der Waals surface area contributed by atoms with E-state index in [4.69, 9.17) is 4.74 Å². The van der Waals surface area contributed by atoms with Gasteiger partial charge in [0.2, 0.25) is 5.91 Å². The number of likely N-dealkylation sites (tertiary alicyclic amines) is 1. The molecule has 0 aliphatic carbocycles. The van der Waals surface area contributed by atoms with E-state index in [1.54, 1.807) is 0 Å². The van der Waals surface area contributed by atoms with E-state index in [2.05, 4.69) is 21.6 Å². The molecule has 2 aliphatic rings. The van der Waals surface area contributed by atoms with Crippen LogP contribution in [0.15, 0.2) is 24.3 Å². The summed E-state index contributed by atoms with van der Waals surface area (Å²) in [6.07, 6.45) is 3.02. The normalized spacial score (nSPS) is 22.1. The second-order valence-electron chi connectivity index (χ2n) is 8.16. The van der Waals surface area contributed by atoms with Gasteiger partial charge in [-0.05, 0) is 58.1 Å². The van der Waals surface area contributed by atoms with Crippen molar-refractivity contribution in [2.24, 2.45) is 0 Å². The van der Waals surface area contributed by atoms with Crippen molar-refractivity contribution in [1.29, 1.82) is 0 Å². The lowest BCUT2D eigenvalue weighted by atomic mass is 10.00. The van der Waals surface area contributed by atoms with E-state index in [1.807, 2.05) is 39.0 Å². The zero-order chi connectivity index (χ0) is 18.7. The first-order valence-electron chi connectivity index (χ1n) is 9.44. The number of anilines is 1. The number of amides is 2. The second-order valence-corrected chi connectivity index (χ2v) is 8.16. The number of alkyl carbamates (subject to hydrolysis) is 1. The standard InChI is InChI=1S/C20H29N3O3/c1-20(2,3)26-19(25)21-15-10-12-23(13-11-15)17-9-8-14-6-4-5-7-16(14)22-18(17)24/h4-7,15,17H,8-13H2,1-3H3,(H,21,25)(H,22,24). The van der Waals surface area contributed by atoms with Crippen molar-refractivity contribution in [1.82, 2.24) is 10.2 Å². The van der Waals surface area contributed by atoms with Gasteiger partial charge in [0.05, 0.1) is 6.04 Å². The second kappa shape index (κ2) is 7.66. The Kier molecular flexibility index (Phi) is 5.51. The minimum atomic E-state index is -0.488. The fourth-order valence-corrected chi connectivity index (χ4v) is 3.68. The SMILES string of the molecule is CC(C)(C)OC(=O)NC1CCN(C2CCc3ccccc3NC2=O)CC1. The summed E-state index contributed by atoms with van der Waals surface area (Å²) < 4.78 is 5.33. The van der Waals surface area contributed by atoms with Gasteiger partial charge in [0, 0.05) is 24.8 Å². The molecule has 0 aromatic heterocycles. The zero-order valence-corrected chi connectivity index (χ0v) is 15.9. The van der Waals surface area contributed by atoms with Gasteiger partial charge in [-0.1, -0.05) is 18.2 Å². The number of fused-ring (bicyclic) bond motifs is 1. The number of carbonyl (C=O) groups is 2. The largest absolute Gasteiger partial charge is 0.444 e. The topological polar surface area (TPSA) is 70.7 Å². The van der Waals surface area contributed by atoms with Gasteiger partial charge in [0.1, 0.15) is 5.60 Å². The van der Waals surface area contributed by atoms with E-state index in [9.17, 15) is 9.59 Å². The van der Waals surface area contributed by atoms with Crippen LogP contribution >= 0.6 is 0 Å². The summed E-state index contributed by atoms with van der Waals surface area (Å²) in [5, 5.41) is 6.02. The molecule has 1 aromatic rings. The minimum Gasteiger partial charge on any atom is -0.444 e. The van der Waals surface area contributed by atoms with Crippen LogP contribution in [0.25, 0.3) is 0 Å². The maximum atomic E-state index is 12.6. The summed E-state index contributed by atoms with van der Waals surface area (Å²) in [5.74, 6) is 0.0773. The highest BCUT2D eigenvalue weighted by Gasteiger charge is 2.32. The van der Waals surface area contributed by atoms with Crippen LogP contribution in [-0.2, 0) is 16.0 Å². The monoisotopic (exact) mass is 359 g/mol. The van der Waals surface area contributed by atoms with Crippen molar-refractivity contribution in [2.75, 3.05) is 18.4 Å². The molecule has 0 bridgehead atoms. The molecule has 1 fully saturated rings. The highest BCUT2D eigenvalue weighted by molar-refractivity contribution is 5.96. The Labute approximate surface area is 155 Å². The fraction of sp³-hybridized carbons (Fsp3) is 0.600. The van der Waals surface area contributed by atoms with Gasteiger partial charge in [-0.15, -0.1) is 0 Å². The van der Waals surface area contributed by atoms with Crippen LogP contribution in [0.3, 0.4) is 0 Å². The number of piperidine rings is 1. The molecule has 26 heavy (non-hydrogen) atoms. The third kappa shape index (κ3) is 4.75. The van der Waals surface area contributed by atoms with Crippen LogP contribution in [0, 0.1) is 0 Å². The summed E-state index contributed by atoms with van der Waals surface area (Å²) in [4.78, 5) is 26.8. The van der Waals surface area contributed by atoms with Gasteiger partial charge in [-0.2, -0.15) is 0 Å². The van der Waals surface area contributed by atoms with E-state index >= 15 is 0 Å². The van der Waals surface area contributed by atoms with Gasteiger partial charge in [0.25, 0.3) is 0 Å². The minimum absolute atomic E-state index is 0.0773. The Balaban J connectivity index is 1.52. The number of aryl methyl sites for hydroxylation is 1. The molecule has 2 heterocycles. The Morgan fingerprint density at radius 1 is 1.19 bits per heavy atom. The summed E-state index contributed by atoms with van der Waals surface area (Å²) in [5.41, 5.74) is 1.64. The number of hydrogen-bond donors (Lipinski definition) is 2. The maximum absolute atomic E-state index is 12.6. The van der Waals surface area contributed by atoms with Crippen LogP contribution in [0.4, 0.5) is 10.5 Å². The number of carbonyl (C=O) groups excluding carboxylic acids is 2. The first kappa shape index (κ1) is 18.7. The van der Waals surface area contributed by atoms with Crippen LogP contribution in [0.2, 0.25) is 0 Å². The number of nitrogens with zero attached hydrogens (tertiary/aromatic N) is 1. The van der Waals surface area contributed by atoms with E-state index < -0.39 is 5.60 Å². The zero-order valence-electron chi connectivity index (χ0n) is 15.9. The summed E-state index contributed by atoms with van der Waals surface area (Å²) in [6, 6.07) is 8.01. The third-order valence-electron chi connectivity index (χ3n) is 4.96. The third-order valence-corrected chi connectivity index (χ3v) is 4.96. The molecule has 2 amide bonds. The van der Waals surface area contributed by atoms with Crippen molar-refractivity contribution in [2.45, 2.75) is 64.1 Å². The molecule has 142 valence electrons. The molecule has 0 spiro atoms. The van der Waals surface area contributed by atoms with Gasteiger partial charge in [0.15, 0.2) is 0 Å². The molecule has 1 aromatic carbocycles. The van der Waals surface area contributed by atoms with E-state index in [0.29, 0.717) is 0 Å². The molecule has 6 nitrogen and oxygen atoms in total. The van der Waals surface area contributed by atoms with Crippen molar-refractivity contribution in [3.05, 3.63) is 29.8 Å². The molecule has 1 unspecified atom stereocenters. The molecule has 1 atom stereocenters. The molecule has 0 saturated carbocycles. The molecule has 2 aliphatic heterocycles. The Hall–Kier alpha value is -2.08. The summed E-state index contributed by atoms with van der Waals surface area (Å²) in [7, 11) is 0. The first-order valence-corrected chi connectivity index (χ1v) is 9.44. The van der Waals surface area contributed by atoms with Gasteiger partial charge < -0.3 is 15.4 Å². The Morgan fingerprint density at radius 2 is 1.88 bits per heavy atom. The number of para-hydroxylation sites is 1. The maximum Gasteiger partial charge on any atom is 0.407 e. The molecule has 1 saturated heterocycles. The Morgan fingerprint density at radius 3 is 2.58 bits per heavy atom. The number of ether oxygens (including phenoxy) is 1. The molecular weight excluding hydrogens is 330 g/mol. The molecule has 2 N–H and O–H groups in total. The number of benzene rings is 1. The van der Waals surface area contributed by atoms with E-state index in [1.165, 1.54) is 5.56 Å². The lowest BCUT2D eigenvalue weighted by molar-refractivity contribution is -0.121. The smallest absolute Gasteiger partial charge is 0.407 e. The molecule has 0 radical (unpaired) electrons. The van der Waals surface area contributed by atoms with Crippen molar-refractivity contribution in [3.63, 3.8) is 0 Å². The van der Waals surface area contributed by atoms with E-state index in [-0.39, 0.29) is 24.1 Å². The number of hydrogen-bond acceptors (Lipinski definition) is 4. The van der Waals surface area contributed by atoms with Crippen LogP contribution < -0.4 is 10.6 Å². The summed E-state index contributed by atoms with van der Waals surface area (Å²) >= 11 is 0. The number of rotatable bonds is 2. The quantitative estimate of drug-likeness (QED) is 0.852. The average Bonchev–Trinajstić information content (AvgIpc) is 2.72. The molecule has 6 heteroatoms. The molecular formula is C20H29N3O3. The van der Waals surface area contributed by atoms with Crippen molar-refractivity contribution in [3.8, 4) is 0 Å². The predicted molar refractivity (Wildman–Crippen MR) is 101 cm³/mol.